The molecule has 0 aliphatic carbocycles. The van der Waals surface area contributed by atoms with Gasteiger partial charge in [-0.3, -0.25) is 10.2 Å². The monoisotopic (exact) mass is 302 g/mol. The number of benzene rings is 1. The first kappa shape index (κ1) is 17.9. The highest BCUT2D eigenvalue weighted by atomic mass is 16.2. The number of hydrazone groups is 2. The minimum Gasteiger partial charge on any atom is -0.279 e. The van der Waals surface area contributed by atoms with E-state index < -0.39 is 0 Å². The van der Waals surface area contributed by atoms with Gasteiger partial charge in [-0.15, -0.1) is 0 Å². The second-order valence-corrected chi connectivity index (χ2v) is 4.90. The molecule has 1 rings (SSSR count). The Kier molecular flexibility index (Phi) is 7.89. The van der Waals surface area contributed by atoms with Crippen molar-refractivity contribution in [1.29, 1.82) is 0 Å². The summed E-state index contributed by atoms with van der Waals surface area (Å²) >= 11 is 0. The van der Waals surface area contributed by atoms with E-state index in [1.807, 2.05) is 26.0 Å². The third-order valence-corrected chi connectivity index (χ3v) is 3.44. The van der Waals surface area contributed by atoms with Crippen LogP contribution in [-0.4, -0.2) is 17.3 Å². The summed E-state index contributed by atoms with van der Waals surface area (Å²) in [5, 5.41) is 8.45. The van der Waals surface area contributed by atoms with Crippen LogP contribution < -0.4 is 10.9 Å². The van der Waals surface area contributed by atoms with Crippen LogP contribution in [0.15, 0.2) is 34.5 Å². The van der Waals surface area contributed by atoms with E-state index in [4.69, 9.17) is 0 Å². The van der Waals surface area contributed by atoms with Crippen LogP contribution in [0.1, 0.15) is 63.7 Å². The average molecular weight is 302 g/mol. The van der Waals surface area contributed by atoms with Crippen molar-refractivity contribution in [2.45, 2.75) is 53.4 Å². The first-order chi connectivity index (χ1) is 10.6. The van der Waals surface area contributed by atoms with Gasteiger partial charge in [0.1, 0.15) is 0 Å². The van der Waals surface area contributed by atoms with Crippen LogP contribution in [0.2, 0.25) is 0 Å². The van der Waals surface area contributed by atoms with E-state index >= 15 is 0 Å². The molecule has 5 heteroatoms. The van der Waals surface area contributed by atoms with Crippen molar-refractivity contribution in [2.24, 2.45) is 10.2 Å². The number of carbonyl (C=O) groups excluding carboxylic acids is 1. The predicted molar refractivity (Wildman–Crippen MR) is 93.6 cm³/mol. The normalized spacial score (nSPS) is 9.82. The van der Waals surface area contributed by atoms with Crippen molar-refractivity contribution < 1.29 is 4.79 Å². The first-order valence-corrected chi connectivity index (χ1v) is 7.91. The maximum atomic E-state index is 12.0. The van der Waals surface area contributed by atoms with E-state index in [0.717, 1.165) is 42.8 Å². The Morgan fingerprint density at radius 3 is 1.86 bits per heavy atom. The van der Waals surface area contributed by atoms with Crippen LogP contribution in [0.4, 0.5) is 5.69 Å². The maximum absolute atomic E-state index is 12.0. The molecule has 5 nitrogen and oxygen atoms in total. The number of nitrogens with one attached hydrogen (secondary N) is 2. The summed E-state index contributed by atoms with van der Waals surface area (Å²) in [7, 11) is 0. The zero-order chi connectivity index (χ0) is 16.4. The molecule has 0 aliphatic heterocycles. The fourth-order valence-electron chi connectivity index (χ4n) is 1.85. The van der Waals surface area contributed by atoms with Crippen molar-refractivity contribution in [3.63, 3.8) is 0 Å². The van der Waals surface area contributed by atoms with Crippen molar-refractivity contribution in [3.05, 3.63) is 29.8 Å². The highest BCUT2D eigenvalue weighted by molar-refractivity contribution is 5.95. The van der Waals surface area contributed by atoms with Gasteiger partial charge in [-0.05, 0) is 49.9 Å². The molecule has 0 bridgehead atoms. The molecule has 1 aromatic carbocycles. The van der Waals surface area contributed by atoms with E-state index in [-0.39, 0.29) is 5.91 Å². The number of carbonyl (C=O) groups is 1. The van der Waals surface area contributed by atoms with E-state index in [1.54, 1.807) is 12.1 Å². The van der Waals surface area contributed by atoms with Gasteiger partial charge in [0.05, 0.1) is 5.69 Å². The summed E-state index contributed by atoms with van der Waals surface area (Å²) in [6, 6.07) is 7.20. The zero-order valence-electron chi connectivity index (χ0n) is 13.9. The van der Waals surface area contributed by atoms with Gasteiger partial charge in [0.2, 0.25) is 0 Å². The van der Waals surface area contributed by atoms with Gasteiger partial charge in [0.25, 0.3) is 5.91 Å². The Bertz CT molecular complexity index is 520. The first-order valence-electron chi connectivity index (χ1n) is 7.91. The standard InChI is InChI=1S/C17H26N4O/c1-5-14(6-2)18-20-16-11-9-13(10-12-16)17(22)21-19-15(7-3)8-4/h9-12,20H,5-8H2,1-4H3,(H,21,22). The van der Waals surface area contributed by atoms with E-state index in [1.165, 1.54) is 0 Å². The van der Waals surface area contributed by atoms with Gasteiger partial charge in [0, 0.05) is 17.0 Å². The zero-order valence-corrected chi connectivity index (χ0v) is 13.9. The molecule has 0 spiro atoms. The third kappa shape index (κ3) is 5.68. The van der Waals surface area contributed by atoms with E-state index in [9.17, 15) is 4.79 Å². The molecule has 0 saturated heterocycles. The number of nitrogens with zero attached hydrogens (tertiary/aromatic N) is 2. The van der Waals surface area contributed by atoms with Crippen LogP contribution in [0.25, 0.3) is 0 Å². The van der Waals surface area contributed by atoms with Gasteiger partial charge >= 0.3 is 0 Å². The Morgan fingerprint density at radius 1 is 0.864 bits per heavy atom. The SMILES string of the molecule is CCC(CC)=NNC(=O)c1ccc(NN=C(CC)CC)cc1. The van der Waals surface area contributed by atoms with Crippen molar-refractivity contribution >= 4 is 23.0 Å². The Balaban J connectivity index is 2.66. The molecule has 1 amide bonds. The molecule has 2 N–H and O–H groups in total. The Hall–Kier alpha value is -2.17. The smallest absolute Gasteiger partial charge is 0.271 e. The molecule has 0 heterocycles. The Morgan fingerprint density at radius 2 is 1.36 bits per heavy atom. The lowest BCUT2D eigenvalue weighted by atomic mass is 10.2. The second kappa shape index (κ2) is 9.71. The summed E-state index contributed by atoms with van der Waals surface area (Å²) in [6.07, 6.45) is 3.54. The molecule has 0 fully saturated rings. The molecule has 0 atom stereocenters. The number of rotatable bonds is 8. The summed E-state index contributed by atoms with van der Waals surface area (Å²) in [4.78, 5) is 12.0. The molecule has 0 radical (unpaired) electrons. The van der Waals surface area contributed by atoms with E-state index in [2.05, 4.69) is 34.9 Å². The predicted octanol–water partition coefficient (Wildman–Crippen LogP) is 4.18. The number of hydrogen-bond acceptors (Lipinski definition) is 4. The lowest BCUT2D eigenvalue weighted by Gasteiger charge is -2.05. The molecular formula is C17H26N4O. The summed E-state index contributed by atoms with van der Waals surface area (Å²) < 4.78 is 0. The highest BCUT2D eigenvalue weighted by Gasteiger charge is 2.04. The van der Waals surface area contributed by atoms with Crippen LogP contribution in [0, 0.1) is 0 Å². The van der Waals surface area contributed by atoms with Gasteiger partial charge in [-0.1, -0.05) is 27.7 Å². The summed E-state index contributed by atoms with van der Waals surface area (Å²) in [5.74, 6) is -0.197. The van der Waals surface area contributed by atoms with Crippen molar-refractivity contribution in [2.75, 3.05) is 5.43 Å². The maximum Gasteiger partial charge on any atom is 0.271 e. The van der Waals surface area contributed by atoms with Gasteiger partial charge < -0.3 is 0 Å². The minimum absolute atomic E-state index is 0.197. The quantitative estimate of drug-likeness (QED) is 0.559. The highest BCUT2D eigenvalue weighted by Crippen LogP contribution is 2.10. The average Bonchev–Trinajstić information content (AvgIpc) is 2.57. The summed E-state index contributed by atoms with van der Waals surface area (Å²) in [5.41, 5.74) is 9.14. The largest absolute Gasteiger partial charge is 0.279 e. The molecule has 0 saturated carbocycles. The number of anilines is 1. The fourth-order valence-corrected chi connectivity index (χ4v) is 1.85. The lowest BCUT2D eigenvalue weighted by Crippen LogP contribution is -2.19. The van der Waals surface area contributed by atoms with E-state index in [0.29, 0.717) is 5.56 Å². The molecular weight excluding hydrogens is 276 g/mol. The lowest BCUT2D eigenvalue weighted by molar-refractivity contribution is 0.0954. The molecule has 1 aromatic rings. The molecule has 120 valence electrons. The minimum atomic E-state index is -0.197. The number of amides is 1. The van der Waals surface area contributed by atoms with Crippen molar-refractivity contribution in [3.8, 4) is 0 Å². The summed E-state index contributed by atoms with van der Waals surface area (Å²) in [6.45, 7) is 8.21. The van der Waals surface area contributed by atoms with Gasteiger partial charge in [-0.2, -0.15) is 10.2 Å². The van der Waals surface area contributed by atoms with Gasteiger partial charge in [0.15, 0.2) is 0 Å². The molecule has 0 aliphatic rings. The van der Waals surface area contributed by atoms with Crippen LogP contribution in [-0.2, 0) is 0 Å². The third-order valence-electron chi connectivity index (χ3n) is 3.44. The van der Waals surface area contributed by atoms with Gasteiger partial charge in [-0.25, -0.2) is 5.43 Å². The van der Waals surface area contributed by atoms with Crippen LogP contribution in [0.5, 0.6) is 0 Å². The topological polar surface area (TPSA) is 65.8 Å². The van der Waals surface area contributed by atoms with Crippen LogP contribution in [0.3, 0.4) is 0 Å². The second-order valence-electron chi connectivity index (χ2n) is 4.90. The Labute approximate surface area is 132 Å². The number of hydrogen-bond donors (Lipinski definition) is 2. The molecule has 0 unspecified atom stereocenters. The van der Waals surface area contributed by atoms with Crippen LogP contribution >= 0.6 is 0 Å². The molecule has 22 heavy (non-hydrogen) atoms. The van der Waals surface area contributed by atoms with Crippen molar-refractivity contribution in [1.82, 2.24) is 5.43 Å². The molecule has 0 aromatic heterocycles. The fraction of sp³-hybridized carbons (Fsp3) is 0.471.